The van der Waals surface area contributed by atoms with E-state index in [4.69, 9.17) is 5.73 Å². The Morgan fingerprint density at radius 3 is 3.05 bits per heavy atom. The molecule has 3 N–H and O–H groups in total. The lowest BCUT2D eigenvalue weighted by molar-refractivity contribution is -0.136. The molecule has 1 aliphatic heterocycles. The third-order valence-electron chi connectivity index (χ3n) is 3.31. The number of rotatable bonds is 3. The number of carbonyl (C=O) groups is 2. The smallest absolute Gasteiger partial charge is 0.314 e. The lowest BCUT2D eigenvalue weighted by Gasteiger charge is -2.32. The second-order valence-electron chi connectivity index (χ2n) is 4.75. The highest BCUT2D eigenvalue weighted by Gasteiger charge is 2.29. The Balaban J connectivity index is 1.93. The number of aromatic amines is 1. The molecule has 0 aliphatic carbocycles. The van der Waals surface area contributed by atoms with Gasteiger partial charge in [0, 0.05) is 20.1 Å². The number of primary amides is 1. The van der Waals surface area contributed by atoms with Crippen LogP contribution in [0.2, 0.25) is 0 Å². The van der Waals surface area contributed by atoms with Gasteiger partial charge in [0.05, 0.1) is 12.5 Å². The molecule has 8 heteroatoms. The van der Waals surface area contributed by atoms with Crippen molar-refractivity contribution in [1.82, 2.24) is 25.0 Å². The molecule has 1 aliphatic rings. The third-order valence-corrected chi connectivity index (χ3v) is 3.31. The van der Waals surface area contributed by atoms with Gasteiger partial charge < -0.3 is 15.5 Å². The van der Waals surface area contributed by atoms with Crippen molar-refractivity contribution >= 4 is 11.9 Å². The van der Waals surface area contributed by atoms with Gasteiger partial charge in [0.15, 0.2) is 0 Å². The van der Waals surface area contributed by atoms with Crippen molar-refractivity contribution in [3.8, 4) is 0 Å². The maximum atomic E-state index is 12.3. The number of hydrogen-bond donors (Lipinski definition) is 2. The Kier molecular flexibility index (Phi) is 3.98. The zero-order valence-electron chi connectivity index (χ0n) is 10.9. The zero-order chi connectivity index (χ0) is 13.8. The van der Waals surface area contributed by atoms with Crippen molar-refractivity contribution in [3.63, 3.8) is 0 Å². The van der Waals surface area contributed by atoms with E-state index in [1.807, 2.05) is 0 Å². The SMILES string of the molecule is CN(Cc1ncn[nH]1)C(=O)C1CCCN(C(N)=O)C1. The summed E-state index contributed by atoms with van der Waals surface area (Å²) in [5, 5.41) is 6.45. The number of carbonyl (C=O) groups excluding carboxylic acids is 2. The van der Waals surface area contributed by atoms with Gasteiger partial charge in [-0.25, -0.2) is 9.78 Å². The molecule has 8 nitrogen and oxygen atoms in total. The fourth-order valence-electron chi connectivity index (χ4n) is 2.30. The summed E-state index contributed by atoms with van der Waals surface area (Å²) in [5.74, 6) is 0.454. The minimum absolute atomic E-state index is 0.00218. The Hall–Kier alpha value is -2.12. The molecule has 104 valence electrons. The molecular formula is C11H18N6O2. The van der Waals surface area contributed by atoms with Crippen LogP contribution in [0.4, 0.5) is 4.79 Å². The normalized spacial score (nSPS) is 19.2. The van der Waals surface area contributed by atoms with E-state index in [2.05, 4.69) is 15.2 Å². The van der Waals surface area contributed by atoms with Crippen LogP contribution in [0.25, 0.3) is 0 Å². The van der Waals surface area contributed by atoms with Crippen LogP contribution in [0, 0.1) is 5.92 Å². The van der Waals surface area contributed by atoms with Crippen LogP contribution in [0.15, 0.2) is 6.33 Å². The van der Waals surface area contributed by atoms with Crippen molar-refractivity contribution in [3.05, 3.63) is 12.2 Å². The van der Waals surface area contributed by atoms with E-state index in [1.54, 1.807) is 11.9 Å². The van der Waals surface area contributed by atoms with Crippen molar-refractivity contribution in [2.45, 2.75) is 19.4 Å². The minimum Gasteiger partial charge on any atom is -0.351 e. The third kappa shape index (κ3) is 3.21. The van der Waals surface area contributed by atoms with Gasteiger partial charge in [-0.15, -0.1) is 0 Å². The summed E-state index contributed by atoms with van der Waals surface area (Å²) >= 11 is 0. The van der Waals surface area contributed by atoms with Crippen molar-refractivity contribution in [1.29, 1.82) is 0 Å². The Morgan fingerprint density at radius 2 is 2.42 bits per heavy atom. The van der Waals surface area contributed by atoms with E-state index in [0.29, 0.717) is 25.5 Å². The van der Waals surface area contributed by atoms with Crippen LogP contribution < -0.4 is 5.73 Å². The van der Waals surface area contributed by atoms with Crippen LogP contribution >= 0.6 is 0 Å². The van der Waals surface area contributed by atoms with E-state index in [0.717, 1.165) is 12.8 Å². The van der Waals surface area contributed by atoms with Crippen LogP contribution in [0.3, 0.4) is 0 Å². The first-order valence-corrected chi connectivity index (χ1v) is 6.21. The summed E-state index contributed by atoms with van der Waals surface area (Å²) < 4.78 is 0. The molecule has 2 rings (SSSR count). The highest BCUT2D eigenvalue weighted by atomic mass is 16.2. The number of nitrogens with zero attached hydrogens (tertiary/aromatic N) is 4. The van der Waals surface area contributed by atoms with Gasteiger partial charge in [-0.1, -0.05) is 0 Å². The summed E-state index contributed by atoms with van der Waals surface area (Å²) in [7, 11) is 1.72. The number of hydrogen-bond acceptors (Lipinski definition) is 4. The van der Waals surface area contributed by atoms with E-state index in [9.17, 15) is 9.59 Å². The number of urea groups is 1. The average molecular weight is 266 g/mol. The lowest BCUT2D eigenvalue weighted by atomic mass is 9.97. The molecule has 2 heterocycles. The maximum absolute atomic E-state index is 12.3. The second-order valence-corrected chi connectivity index (χ2v) is 4.75. The molecule has 19 heavy (non-hydrogen) atoms. The van der Waals surface area contributed by atoms with Gasteiger partial charge in [-0.2, -0.15) is 5.10 Å². The molecule has 0 radical (unpaired) electrons. The molecule has 0 spiro atoms. The minimum atomic E-state index is -0.463. The van der Waals surface area contributed by atoms with Gasteiger partial charge in [0.25, 0.3) is 0 Å². The first kappa shape index (κ1) is 13.3. The summed E-state index contributed by atoms with van der Waals surface area (Å²) in [6.07, 6.45) is 2.99. The van der Waals surface area contributed by atoms with E-state index in [-0.39, 0.29) is 11.8 Å². The maximum Gasteiger partial charge on any atom is 0.314 e. The van der Waals surface area contributed by atoms with Gasteiger partial charge >= 0.3 is 6.03 Å². The summed E-state index contributed by atoms with van der Waals surface area (Å²) in [6.45, 7) is 1.41. The number of amides is 3. The Morgan fingerprint density at radius 1 is 1.63 bits per heavy atom. The van der Waals surface area contributed by atoms with Crippen molar-refractivity contribution in [2.24, 2.45) is 11.7 Å². The number of piperidine rings is 1. The number of likely N-dealkylation sites (tertiary alicyclic amines) is 1. The number of H-pyrrole nitrogens is 1. The summed E-state index contributed by atoms with van der Waals surface area (Å²) in [4.78, 5) is 30.5. The lowest BCUT2D eigenvalue weighted by Crippen LogP contribution is -2.47. The largest absolute Gasteiger partial charge is 0.351 e. The standard InChI is InChI=1S/C11H18N6O2/c1-16(6-9-13-7-14-15-9)10(18)8-3-2-4-17(5-8)11(12)19/h7-8H,2-6H2,1H3,(H2,12,19)(H,13,14,15). The molecule has 1 unspecified atom stereocenters. The first-order chi connectivity index (χ1) is 9.08. The predicted molar refractivity (Wildman–Crippen MR) is 66.7 cm³/mol. The average Bonchev–Trinajstić information content (AvgIpc) is 2.90. The molecule has 0 saturated carbocycles. The molecule has 0 aromatic carbocycles. The van der Waals surface area contributed by atoms with Gasteiger partial charge in [0.2, 0.25) is 5.91 Å². The Bertz CT molecular complexity index is 446. The van der Waals surface area contributed by atoms with Crippen LogP contribution in [-0.4, -0.2) is 57.1 Å². The molecule has 1 aromatic heterocycles. The van der Waals surface area contributed by atoms with Crippen molar-refractivity contribution in [2.75, 3.05) is 20.1 Å². The van der Waals surface area contributed by atoms with Crippen LogP contribution in [0.5, 0.6) is 0 Å². The number of aromatic nitrogens is 3. The van der Waals surface area contributed by atoms with E-state index in [1.165, 1.54) is 11.2 Å². The second kappa shape index (κ2) is 5.68. The molecule has 3 amide bonds. The summed E-state index contributed by atoms with van der Waals surface area (Å²) in [6, 6.07) is -0.463. The molecule has 1 atom stereocenters. The van der Waals surface area contributed by atoms with Gasteiger partial charge in [-0.05, 0) is 12.8 Å². The zero-order valence-corrected chi connectivity index (χ0v) is 10.9. The van der Waals surface area contributed by atoms with Gasteiger partial charge in [-0.3, -0.25) is 9.89 Å². The highest BCUT2D eigenvalue weighted by molar-refractivity contribution is 5.80. The van der Waals surface area contributed by atoms with Gasteiger partial charge in [0.1, 0.15) is 12.2 Å². The summed E-state index contributed by atoms with van der Waals surface area (Å²) in [5.41, 5.74) is 5.25. The first-order valence-electron chi connectivity index (χ1n) is 6.21. The molecule has 1 aromatic rings. The van der Waals surface area contributed by atoms with Crippen molar-refractivity contribution < 1.29 is 9.59 Å². The number of nitrogens with two attached hydrogens (primary N) is 1. The predicted octanol–water partition coefficient (Wildman–Crippen LogP) is -0.446. The van der Waals surface area contributed by atoms with Crippen LogP contribution in [0.1, 0.15) is 18.7 Å². The van der Waals surface area contributed by atoms with E-state index >= 15 is 0 Å². The molecule has 1 fully saturated rings. The quantitative estimate of drug-likeness (QED) is 0.772. The molecular weight excluding hydrogens is 248 g/mol. The van der Waals surface area contributed by atoms with E-state index < -0.39 is 6.03 Å². The number of nitrogens with one attached hydrogen (secondary N) is 1. The fourth-order valence-corrected chi connectivity index (χ4v) is 2.30. The highest BCUT2D eigenvalue weighted by Crippen LogP contribution is 2.18. The van der Waals surface area contributed by atoms with Crippen LogP contribution in [-0.2, 0) is 11.3 Å². The Labute approximate surface area is 111 Å². The monoisotopic (exact) mass is 266 g/mol. The fraction of sp³-hybridized carbons (Fsp3) is 0.636. The topological polar surface area (TPSA) is 108 Å². The molecule has 1 saturated heterocycles. The molecule has 0 bridgehead atoms.